The van der Waals surface area contributed by atoms with Crippen LogP contribution in [0.4, 0.5) is 5.69 Å². The van der Waals surface area contributed by atoms with Crippen LogP contribution >= 0.6 is 23.2 Å². The van der Waals surface area contributed by atoms with E-state index in [1.165, 1.54) is 0 Å². The highest BCUT2D eigenvalue weighted by Crippen LogP contribution is 2.32. The van der Waals surface area contributed by atoms with Crippen molar-refractivity contribution in [3.63, 3.8) is 0 Å². The van der Waals surface area contributed by atoms with Gasteiger partial charge in [-0.05, 0) is 37.0 Å². The normalized spacial score (nSPS) is 22.3. The predicted molar refractivity (Wildman–Crippen MR) is 90.6 cm³/mol. The van der Waals surface area contributed by atoms with Crippen molar-refractivity contribution in [2.45, 2.75) is 25.3 Å². The van der Waals surface area contributed by atoms with Gasteiger partial charge in [-0.3, -0.25) is 9.59 Å². The standard InChI is InChI=1S/C16H19Cl2N3O2/c17-11-4-12(18)6-13(5-11)21-8-10(3-15(21)22)16(23)20-7-14(19)9-1-2-9/h4-6,9-10,14H,1-3,7-8,19H2,(H,20,23). The highest BCUT2D eigenvalue weighted by molar-refractivity contribution is 6.35. The van der Waals surface area contributed by atoms with Gasteiger partial charge in [0.05, 0.1) is 5.92 Å². The van der Waals surface area contributed by atoms with Crippen LogP contribution in [-0.4, -0.2) is 30.9 Å². The number of carbonyl (C=O) groups is 2. The first-order valence-electron chi connectivity index (χ1n) is 7.74. The van der Waals surface area contributed by atoms with Crippen LogP contribution in [-0.2, 0) is 9.59 Å². The second kappa shape index (κ2) is 6.67. The third kappa shape index (κ3) is 3.97. The summed E-state index contributed by atoms with van der Waals surface area (Å²) in [4.78, 5) is 26.0. The van der Waals surface area contributed by atoms with Crippen molar-refractivity contribution >= 4 is 40.7 Å². The molecule has 1 saturated heterocycles. The van der Waals surface area contributed by atoms with E-state index in [9.17, 15) is 9.59 Å². The first-order valence-corrected chi connectivity index (χ1v) is 8.49. The van der Waals surface area contributed by atoms with E-state index in [0.717, 1.165) is 12.8 Å². The average Bonchev–Trinajstić information content (AvgIpc) is 3.26. The second-order valence-corrected chi connectivity index (χ2v) is 7.15. The topological polar surface area (TPSA) is 75.4 Å². The highest BCUT2D eigenvalue weighted by Gasteiger charge is 2.36. The lowest BCUT2D eigenvalue weighted by Gasteiger charge is -2.18. The fourth-order valence-corrected chi connectivity index (χ4v) is 3.40. The number of halogens is 2. The Hall–Kier alpha value is -1.30. The van der Waals surface area contributed by atoms with Gasteiger partial charge in [0.25, 0.3) is 0 Å². The quantitative estimate of drug-likeness (QED) is 0.849. The van der Waals surface area contributed by atoms with Crippen LogP contribution in [0, 0.1) is 11.8 Å². The molecule has 1 heterocycles. The van der Waals surface area contributed by atoms with E-state index in [4.69, 9.17) is 28.9 Å². The summed E-state index contributed by atoms with van der Waals surface area (Å²) in [6.45, 7) is 0.803. The summed E-state index contributed by atoms with van der Waals surface area (Å²) < 4.78 is 0. The van der Waals surface area contributed by atoms with Gasteiger partial charge in [0, 0.05) is 41.3 Å². The zero-order chi connectivity index (χ0) is 16.6. The summed E-state index contributed by atoms with van der Waals surface area (Å²) in [6, 6.07) is 4.97. The molecule has 1 aliphatic carbocycles. The van der Waals surface area contributed by atoms with Gasteiger partial charge in [0.1, 0.15) is 0 Å². The number of hydrogen-bond donors (Lipinski definition) is 2. The maximum atomic E-state index is 12.3. The highest BCUT2D eigenvalue weighted by atomic mass is 35.5. The fourth-order valence-electron chi connectivity index (χ4n) is 2.88. The van der Waals surface area contributed by atoms with Crippen molar-refractivity contribution in [3.8, 4) is 0 Å². The molecular weight excluding hydrogens is 337 g/mol. The second-order valence-electron chi connectivity index (χ2n) is 6.28. The molecule has 2 aliphatic rings. The third-order valence-electron chi connectivity index (χ3n) is 4.39. The lowest BCUT2D eigenvalue weighted by molar-refractivity contribution is -0.126. The molecule has 1 aromatic carbocycles. The van der Waals surface area contributed by atoms with Gasteiger partial charge in [-0.15, -0.1) is 0 Å². The first-order chi connectivity index (χ1) is 10.9. The zero-order valence-electron chi connectivity index (χ0n) is 12.6. The molecule has 2 amide bonds. The van der Waals surface area contributed by atoms with E-state index < -0.39 is 0 Å². The molecule has 7 heteroatoms. The van der Waals surface area contributed by atoms with Gasteiger partial charge in [-0.1, -0.05) is 23.2 Å². The number of rotatable bonds is 5. The maximum Gasteiger partial charge on any atom is 0.227 e. The van der Waals surface area contributed by atoms with Crippen molar-refractivity contribution in [1.29, 1.82) is 0 Å². The number of amides is 2. The average molecular weight is 356 g/mol. The Bertz CT molecular complexity index is 614. The van der Waals surface area contributed by atoms with Crippen LogP contribution < -0.4 is 16.0 Å². The number of nitrogens with two attached hydrogens (primary N) is 1. The minimum atomic E-state index is -0.369. The van der Waals surface area contributed by atoms with Crippen LogP contribution in [0.15, 0.2) is 18.2 Å². The molecule has 2 atom stereocenters. The Kier molecular flexibility index (Phi) is 4.80. The largest absolute Gasteiger partial charge is 0.354 e. The Balaban J connectivity index is 1.61. The van der Waals surface area contributed by atoms with Crippen LogP contribution in [0.2, 0.25) is 10.0 Å². The molecule has 0 spiro atoms. The minimum Gasteiger partial charge on any atom is -0.354 e. The molecule has 5 nitrogen and oxygen atoms in total. The molecule has 2 unspecified atom stereocenters. The number of nitrogens with zero attached hydrogens (tertiary/aromatic N) is 1. The molecule has 23 heavy (non-hydrogen) atoms. The summed E-state index contributed by atoms with van der Waals surface area (Å²) in [5, 5.41) is 3.79. The minimum absolute atomic E-state index is 0.0129. The molecule has 0 aromatic heterocycles. The SMILES string of the molecule is NC(CNC(=O)C1CC(=O)N(c2cc(Cl)cc(Cl)c2)C1)C1CC1. The van der Waals surface area contributed by atoms with Crippen molar-refractivity contribution < 1.29 is 9.59 Å². The fraction of sp³-hybridized carbons (Fsp3) is 0.500. The van der Waals surface area contributed by atoms with Gasteiger partial charge < -0.3 is 16.0 Å². The van der Waals surface area contributed by atoms with Crippen molar-refractivity contribution in [2.24, 2.45) is 17.6 Å². The lowest BCUT2D eigenvalue weighted by atomic mass is 10.1. The lowest BCUT2D eigenvalue weighted by Crippen LogP contribution is -2.41. The van der Waals surface area contributed by atoms with Gasteiger partial charge in [0.2, 0.25) is 11.8 Å². The summed E-state index contributed by atoms with van der Waals surface area (Å²) in [6.07, 6.45) is 2.47. The van der Waals surface area contributed by atoms with E-state index in [0.29, 0.717) is 34.7 Å². The predicted octanol–water partition coefficient (Wildman–Crippen LogP) is 2.20. The maximum absolute atomic E-state index is 12.3. The number of hydrogen-bond acceptors (Lipinski definition) is 3. The summed E-state index contributed by atoms with van der Waals surface area (Å²) in [7, 11) is 0. The Morgan fingerprint density at radius 1 is 1.30 bits per heavy atom. The van der Waals surface area contributed by atoms with E-state index >= 15 is 0 Å². The van der Waals surface area contributed by atoms with Crippen molar-refractivity contribution in [1.82, 2.24) is 5.32 Å². The number of anilines is 1. The summed E-state index contributed by atoms with van der Waals surface area (Å²) in [5.74, 6) is -0.0580. The Labute approximate surface area is 145 Å². The molecule has 2 fully saturated rings. The number of carbonyl (C=O) groups excluding carboxylic acids is 2. The van der Waals surface area contributed by atoms with Crippen LogP contribution in [0.3, 0.4) is 0 Å². The number of nitrogens with one attached hydrogen (secondary N) is 1. The summed E-state index contributed by atoms with van der Waals surface area (Å²) in [5.41, 5.74) is 6.61. The first kappa shape index (κ1) is 16.6. The van der Waals surface area contributed by atoms with E-state index in [1.807, 2.05) is 0 Å². The van der Waals surface area contributed by atoms with Crippen LogP contribution in [0.25, 0.3) is 0 Å². The van der Waals surface area contributed by atoms with Gasteiger partial charge in [-0.2, -0.15) is 0 Å². The smallest absolute Gasteiger partial charge is 0.227 e. The van der Waals surface area contributed by atoms with Crippen LogP contribution in [0.1, 0.15) is 19.3 Å². The van der Waals surface area contributed by atoms with Crippen LogP contribution in [0.5, 0.6) is 0 Å². The Morgan fingerprint density at radius 3 is 2.57 bits per heavy atom. The molecule has 1 aliphatic heterocycles. The zero-order valence-corrected chi connectivity index (χ0v) is 14.1. The van der Waals surface area contributed by atoms with E-state index in [1.54, 1.807) is 23.1 Å². The molecule has 124 valence electrons. The molecule has 1 saturated carbocycles. The molecule has 3 N–H and O–H groups in total. The molecule has 1 aromatic rings. The number of benzene rings is 1. The monoisotopic (exact) mass is 355 g/mol. The third-order valence-corrected chi connectivity index (χ3v) is 4.83. The molecule has 3 rings (SSSR count). The molecular formula is C16H19Cl2N3O2. The van der Waals surface area contributed by atoms with E-state index in [-0.39, 0.29) is 30.2 Å². The van der Waals surface area contributed by atoms with Gasteiger partial charge in [-0.25, -0.2) is 0 Å². The van der Waals surface area contributed by atoms with E-state index in [2.05, 4.69) is 5.32 Å². The van der Waals surface area contributed by atoms with Crippen molar-refractivity contribution in [3.05, 3.63) is 28.2 Å². The molecule has 0 radical (unpaired) electrons. The summed E-state index contributed by atoms with van der Waals surface area (Å²) >= 11 is 12.0. The molecule has 0 bridgehead atoms. The van der Waals surface area contributed by atoms with Gasteiger partial charge in [0.15, 0.2) is 0 Å². The Morgan fingerprint density at radius 2 is 1.96 bits per heavy atom. The van der Waals surface area contributed by atoms with Gasteiger partial charge >= 0.3 is 0 Å². The van der Waals surface area contributed by atoms with Crippen molar-refractivity contribution in [2.75, 3.05) is 18.0 Å².